The predicted octanol–water partition coefficient (Wildman–Crippen LogP) is 1.35. The van der Waals surface area contributed by atoms with E-state index in [1.807, 2.05) is 6.08 Å². The third kappa shape index (κ3) is 2.10. The zero-order chi connectivity index (χ0) is 9.97. The van der Waals surface area contributed by atoms with Crippen LogP contribution in [0.2, 0.25) is 0 Å². The number of likely N-dealkylation sites (N-methyl/N-ethyl adjacent to an activating group) is 1. The first-order chi connectivity index (χ1) is 6.75. The normalized spacial score (nSPS) is 24.5. The summed E-state index contributed by atoms with van der Waals surface area (Å²) in [4.78, 5) is 4.79. The first-order valence-electron chi connectivity index (χ1n) is 5.28. The second kappa shape index (κ2) is 4.05. The van der Waals surface area contributed by atoms with Crippen molar-refractivity contribution in [2.45, 2.75) is 12.8 Å². The largest absolute Gasteiger partial charge is 0.512 e. The summed E-state index contributed by atoms with van der Waals surface area (Å²) in [5.74, 6) is 0.517. The van der Waals surface area contributed by atoms with Gasteiger partial charge in [-0.25, -0.2) is 0 Å². The van der Waals surface area contributed by atoms with E-state index in [9.17, 15) is 5.11 Å². The molecule has 1 heterocycles. The highest BCUT2D eigenvalue weighted by molar-refractivity contribution is 5.20. The molecule has 0 unspecified atom stereocenters. The molecule has 0 aromatic rings. The van der Waals surface area contributed by atoms with Crippen LogP contribution in [-0.2, 0) is 0 Å². The molecule has 0 aromatic carbocycles. The average molecular weight is 194 g/mol. The minimum absolute atomic E-state index is 0.517. The first-order valence-corrected chi connectivity index (χ1v) is 5.28. The maximum Gasteiger partial charge on any atom is 0.0927 e. The second-order valence-corrected chi connectivity index (χ2v) is 4.11. The lowest BCUT2D eigenvalue weighted by atomic mass is 10.1. The van der Waals surface area contributed by atoms with E-state index in [1.54, 1.807) is 0 Å². The zero-order valence-electron chi connectivity index (χ0n) is 8.74. The molecule has 1 aliphatic heterocycles. The Morgan fingerprint density at radius 2 is 1.79 bits per heavy atom. The van der Waals surface area contributed by atoms with Gasteiger partial charge in [0, 0.05) is 38.3 Å². The fourth-order valence-electron chi connectivity index (χ4n) is 1.97. The summed E-state index contributed by atoms with van der Waals surface area (Å²) in [6, 6.07) is 0. The van der Waals surface area contributed by atoms with E-state index in [0.29, 0.717) is 5.76 Å². The molecule has 0 atom stereocenters. The van der Waals surface area contributed by atoms with Crippen molar-refractivity contribution in [3.63, 3.8) is 0 Å². The molecule has 1 fully saturated rings. The van der Waals surface area contributed by atoms with Gasteiger partial charge in [-0.15, -0.1) is 0 Å². The number of aliphatic hydroxyl groups excluding tert-OH is 1. The lowest BCUT2D eigenvalue weighted by Gasteiger charge is -2.36. The van der Waals surface area contributed by atoms with Gasteiger partial charge < -0.3 is 14.9 Å². The number of piperazine rings is 1. The molecule has 0 spiro atoms. The van der Waals surface area contributed by atoms with Crippen molar-refractivity contribution in [1.82, 2.24) is 9.80 Å². The Bertz CT molecular complexity index is 262. The Morgan fingerprint density at radius 1 is 1.07 bits per heavy atom. The van der Waals surface area contributed by atoms with E-state index in [0.717, 1.165) is 39.0 Å². The lowest BCUT2D eigenvalue weighted by molar-refractivity contribution is 0.180. The standard InChI is InChI=1S/C11H18N2O/c1-12-6-8-13(9-7-12)10-2-4-11(14)5-3-10/h2,4,14H,3,5-9H2,1H3. The van der Waals surface area contributed by atoms with Crippen LogP contribution in [0, 0.1) is 0 Å². The van der Waals surface area contributed by atoms with Gasteiger partial charge in [-0.3, -0.25) is 0 Å². The molecule has 1 N–H and O–H groups in total. The van der Waals surface area contributed by atoms with Crippen LogP contribution in [-0.4, -0.2) is 48.1 Å². The quantitative estimate of drug-likeness (QED) is 0.682. The van der Waals surface area contributed by atoms with Crippen molar-refractivity contribution in [3.05, 3.63) is 23.6 Å². The van der Waals surface area contributed by atoms with Gasteiger partial charge in [0.15, 0.2) is 0 Å². The molecular weight excluding hydrogens is 176 g/mol. The maximum absolute atomic E-state index is 9.26. The van der Waals surface area contributed by atoms with E-state index >= 15 is 0 Å². The topological polar surface area (TPSA) is 26.7 Å². The Morgan fingerprint density at radius 3 is 2.36 bits per heavy atom. The Hall–Kier alpha value is -0.960. The maximum atomic E-state index is 9.26. The van der Waals surface area contributed by atoms with Gasteiger partial charge in [-0.2, -0.15) is 0 Å². The fraction of sp³-hybridized carbons (Fsp3) is 0.636. The Labute approximate surface area is 85.3 Å². The fourth-order valence-corrected chi connectivity index (χ4v) is 1.97. The smallest absolute Gasteiger partial charge is 0.0927 e. The summed E-state index contributed by atoms with van der Waals surface area (Å²) < 4.78 is 0. The molecule has 2 rings (SSSR count). The SMILES string of the molecule is CN1CCN(C2=CC=C(O)CC2)CC1. The van der Waals surface area contributed by atoms with E-state index in [1.165, 1.54) is 5.70 Å². The molecule has 14 heavy (non-hydrogen) atoms. The van der Waals surface area contributed by atoms with Crippen LogP contribution in [0.25, 0.3) is 0 Å². The molecule has 0 radical (unpaired) electrons. The third-order valence-electron chi connectivity index (χ3n) is 3.01. The summed E-state index contributed by atoms with van der Waals surface area (Å²) in [5, 5.41) is 9.26. The van der Waals surface area contributed by atoms with Crippen molar-refractivity contribution < 1.29 is 5.11 Å². The summed E-state index contributed by atoms with van der Waals surface area (Å²) in [6.07, 6.45) is 5.69. The molecule has 0 aromatic heterocycles. The van der Waals surface area contributed by atoms with Crippen LogP contribution < -0.4 is 0 Å². The molecular formula is C11H18N2O. The van der Waals surface area contributed by atoms with Crippen molar-refractivity contribution >= 4 is 0 Å². The molecule has 1 aliphatic carbocycles. The molecule has 3 nitrogen and oxygen atoms in total. The molecule has 3 heteroatoms. The van der Waals surface area contributed by atoms with E-state index in [-0.39, 0.29) is 0 Å². The molecule has 2 aliphatic rings. The van der Waals surface area contributed by atoms with E-state index in [4.69, 9.17) is 0 Å². The highest BCUT2D eigenvalue weighted by atomic mass is 16.3. The highest BCUT2D eigenvalue weighted by Gasteiger charge is 2.17. The van der Waals surface area contributed by atoms with Crippen molar-refractivity contribution in [2.75, 3.05) is 33.2 Å². The van der Waals surface area contributed by atoms with Gasteiger partial charge in [0.1, 0.15) is 0 Å². The van der Waals surface area contributed by atoms with Crippen molar-refractivity contribution in [3.8, 4) is 0 Å². The third-order valence-corrected chi connectivity index (χ3v) is 3.01. The highest BCUT2D eigenvalue weighted by Crippen LogP contribution is 2.20. The first kappa shape index (κ1) is 9.59. The van der Waals surface area contributed by atoms with Crippen LogP contribution in [0.3, 0.4) is 0 Å². The number of nitrogens with zero attached hydrogens (tertiary/aromatic N) is 2. The second-order valence-electron chi connectivity index (χ2n) is 4.11. The summed E-state index contributed by atoms with van der Waals surface area (Å²) >= 11 is 0. The van der Waals surface area contributed by atoms with Crippen LogP contribution in [0.1, 0.15) is 12.8 Å². The van der Waals surface area contributed by atoms with Crippen LogP contribution in [0.5, 0.6) is 0 Å². The van der Waals surface area contributed by atoms with Gasteiger partial charge in [0.2, 0.25) is 0 Å². The summed E-state index contributed by atoms with van der Waals surface area (Å²) in [6.45, 7) is 4.54. The Kier molecular flexibility index (Phi) is 2.77. The zero-order valence-corrected chi connectivity index (χ0v) is 8.74. The molecule has 0 amide bonds. The molecule has 1 saturated heterocycles. The van der Waals surface area contributed by atoms with Crippen molar-refractivity contribution in [1.29, 1.82) is 0 Å². The molecule has 0 saturated carbocycles. The Balaban J connectivity index is 1.96. The van der Waals surface area contributed by atoms with Crippen LogP contribution in [0.15, 0.2) is 23.6 Å². The lowest BCUT2D eigenvalue weighted by Crippen LogP contribution is -2.43. The predicted molar refractivity (Wildman–Crippen MR) is 57.1 cm³/mol. The average Bonchev–Trinajstić information content (AvgIpc) is 2.21. The van der Waals surface area contributed by atoms with Gasteiger partial charge in [-0.1, -0.05) is 0 Å². The minimum Gasteiger partial charge on any atom is -0.512 e. The van der Waals surface area contributed by atoms with E-state index in [2.05, 4.69) is 22.9 Å². The van der Waals surface area contributed by atoms with Crippen LogP contribution in [0.4, 0.5) is 0 Å². The van der Waals surface area contributed by atoms with Gasteiger partial charge >= 0.3 is 0 Å². The molecule has 78 valence electrons. The monoisotopic (exact) mass is 194 g/mol. The van der Waals surface area contributed by atoms with E-state index < -0.39 is 0 Å². The van der Waals surface area contributed by atoms with Gasteiger partial charge in [0.05, 0.1) is 5.76 Å². The number of allylic oxidation sites excluding steroid dienone is 4. The molecule has 0 bridgehead atoms. The number of hydrogen-bond acceptors (Lipinski definition) is 3. The van der Waals surface area contributed by atoms with Crippen molar-refractivity contribution in [2.24, 2.45) is 0 Å². The summed E-state index contributed by atoms with van der Waals surface area (Å²) in [7, 11) is 2.17. The number of aliphatic hydroxyl groups is 1. The number of hydrogen-bond donors (Lipinski definition) is 1. The van der Waals surface area contributed by atoms with Gasteiger partial charge in [-0.05, 0) is 25.6 Å². The van der Waals surface area contributed by atoms with Crippen LogP contribution >= 0.6 is 0 Å². The van der Waals surface area contributed by atoms with Gasteiger partial charge in [0.25, 0.3) is 0 Å². The minimum atomic E-state index is 0.517. The number of rotatable bonds is 1. The summed E-state index contributed by atoms with van der Waals surface area (Å²) in [5.41, 5.74) is 1.39.